The predicted octanol–water partition coefficient (Wildman–Crippen LogP) is 2.79. The lowest BCUT2D eigenvalue weighted by molar-refractivity contribution is -0.111. The van der Waals surface area contributed by atoms with Crippen molar-refractivity contribution in [2.24, 2.45) is 5.92 Å². The molecule has 1 aliphatic carbocycles. The van der Waals surface area contributed by atoms with Crippen LogP contribution in [0.3, 0.4) is 0 Å². The summed E-state index contributed by atoms with van der Waals surface area (Å²) < 4.78 is 26.6. The molecule has 4 rings (SSSR count). The van der Waals surface area contributed by atoms with Gasteiger partial charge in [0.05, 0.1) is 29.2 Å². The molecular weight excluding hydrogens is 416 g/mol. The van der Waals surface area contributed by atoms with Gasteiger partial charge in [0.25, 0.3) is 5.91 Å². The number of carbonyl (C=O) groups excluding carboxylic acids is 2. The summed E-state index contributed by atoms with van der Waals surface area (Å²) in [6.45, 7) is 0.938. The van der Waals surface area contributed by atoms with Gasteiger partial charge in [0.15, 0.2) is 0 Å². The minimum atomic E-state index is -3.72. The monoisotopic (exact) mass is 438 g/mol. The standard InChI is InChI=1S/C22H22N4O4S/c1-31(29,30)25-22(28)18-4-2-3-5-19(18)24-21(27)11-9-15-8-10-20-17(12-15)13-23-26(20)14-16-6-7-16/h2-5,8-13,16H,6-7,14H2,1H3,(H,24,27)(H,25,28)/b11-9+. The maximum absolute atomic E-state index is 12.4. The fourth-order valence-corrected chi connectivity index (χ4v) is 3.71. The van der Waals surface area contributed by atoms with Gasteiger partial charge in [0, 0.05) is 18.0 Å². The van der Waals surface area contributed by atoms with Crippen LogP contribution in [0, 0.1) is 5.92 Å². The van der Waals surface area contributed by atoms with Crippen molar-refractivity contribution < 1.29 is 18.0 Å². The van der Waals surface area contributed by atoms with Gasteiger partial charge >= 0.3 is 0 Å². The average molecular weight is 439 g/mol. The largest absolute Gasteiger partial charge is 0.322 e. The molecule has 31 heavy (non-hydrogen) atoms. The van der Waals surface area contributed by atoms with Crippen LogP contribution in [-0.2, 0) is 21.4 Å². The molecule has 0 atom stereocenters. The highest BCUT2D eigenvalue weighted by Gasteiger charge is 2.22. The molecule has 160 valence electrons. The van der Waals surface area contributed by atoms with Crippen LogP contribution in [0.1, 0.15) is 28.8 Å². The average Bonchev–Trinajstić information content (AvgIpc) is 3.44. The SMILES string of the molecule is CS(=O)(=O)NC(=O)c1ccccc1NC(=O)/C=C/c1ccc2c(cnn2CC2CC2)c1. The molecule has 8 nitrogen and oxygen atoms in total. The molecule has 0 radical (unpaired) electrons. The number of anilines is 1. The number of hydrogen-bond acceptors (Lipinski definition) is 5. The molecule has 0 spiro atoms. The van der Waals surface area contributed by atoms with Crippen LogP contribution in [0.4, 0.5) is 5.69 Å². The summed E-state index contributed by atoms with van der Waals surface area (Å²) >= 11 is 0. The normalized spacial score (nSPS) is 14.1. The second-order valence-corrected chi connectivity index (χ2v) is 9.41. The Balaban J connectivity index is 1.46. The van der Waals surface area contributed by atoms with Crippen LogP contribution in [0.2, 0.25) is 0 Å². The number of aromatic nitrogens is 2. The molecule has 2 aromatic carbocycles. The Labute approximate surface area is 180 Å². The van der Waals surface area contributed by atoms with E-state index in [2.05, 4.69) is 10.4 Å². The molecule has 1 aromatic heterocycles. The van der Waals surface area contributed by atoms with Gasteiger partial charge in [0.2, 0.25) is 15.9 Å². The number of nitrogens with zero attached hydrogens (tertiary/aromatic N) is 2. The molecule has 3 aromatic rings. The molecule has 9 heteroatoms. The van der Waals surface area contributed by atoms with Gasteiger partial charge in [-0.25, -0.2) is 13.1 Å². The summed E-state index contributed by atoms with van der Waals surface area (Å²) in [5.41, 5.74) is 2.19. The molecule has 1 aliphatic rings. The number of nitrogens with one attached hydrogen (secondary N) is 2. The van der Waals surface area contributed by atoms with Gasteiger partial charge in [-0.1, -0.05) is 18.2 Å². The van der Waals surface area contributed by atoms with Crippen LogP contribution in [0.15, 0.2) is 54.7 Å². The molecule has 1 fully saturated rings. The van der Waals surface area contributed by atoms with Gasteiger partial charge in [-0.3, -0.25) is 14.3 Å². The first-order valence-corrected chi connectivity index (χ1v) is 11.7. The summed E-state index contributed by atoms with van der Waals surface area (Å²) in [5, 5.41) is 8.08. The van der Waals surface area contributed by atoms with Crippen molar-refractivity contribution in [2.75, 3.05) is 11.6 Å². The number of amides is 2. The third kappa shape index (κ3) is 5.37. The number of benzene rings is 2. The first kappa shape index (κ1) is 20.8. The zero-order valence-electron chi connectivity index (χ0n) is 16.9. The number of sulfonamides is 1. The molecule has 1 saturated carbocycles. The van der Waals surface area contributed by atoms with Crippen LogP contribution >= 0.6 is 0 Å². The topological polar surface area (TPSA) is 110 Å². The van der Waals surface area contributed by atoms with E-state index < -0.39 is 21.8 Å². The lowest BCUT2D eigenvalue weighted by Gasteiger charge is -2.09. The quantitative estimate of drug-likeness (QED) is 0.551. The van der Waals surface area contributed by atoms with Crippen molar-refractivity contribution in [1.82, 2.24) is 14.5 Å². The van der Waals surface area contributed by atoms with Crippen LogP contribution in [0.5, 0.6) is 0 Å². The Hall–Kier alpha value is -3.46. The third-order valence-corrected chi connectivity index (χ3v) is 5.48. The lowest BCUT2D eigenvalue weighted by atomic mass is 10.1. The minimum Gasteiger partial charge on any atom is -0.322 e. The van der Waals surface area contributed by atoms with Gasteiger partial charge in [-0.2, -0.15) is 5.10 Å². The van der Waals surface area contributed by atoms with Crippen LogP contribution in [0.25, 0.3) is 17.0 Å². The van der Waals surface area contributed by atoms with E-state index in [1.54, 1.807) is 18.2 Å². The van der Waals surface area contributed by atoms with E-state index in [-0.39, 0.29) is 11.3 Å². The Morgan fingerprint density at radius 2 is 1.97 bits per heavy atom. The van der Waals surface area contributed by atoms with E-state index in [1.165, 1.54) is 31.1 Å². The maximum atomic E-state index is 12.4. The van der Waals surface area contributed by atoms with Crippen molar-refractivity contribution in [2.45, 2.75) is 19.4 Å². The highest BCUT2D eigenvalue weighted by atomic mass is 32.2. The second kappa shape index (κ2) is 8.35. The van der Waals surface area contributed by atoms with Crippen molar-refractivity contribution in [3.63, 3.8) is 0 Å². The zero-order chi connectivity index (χ0) is 22.0. The van der Waals surface area contributed by atoms with Gasteiger partial charge in [-0.05, 0) is 54.7 Å². The first-order valence-electron chi connectivity index (χ1n) is 9.84. The Morgan fingerprint density at radius 3 is 2.71 bits per heavy atom. The molecule has 2 amide bonds. The van der Waals surface area contributed by atoms with Crippen LogP contribution < -0.4 is 10.0 Å². The molecule has 0 saturated heterocycles. The van der Waals surface area contributed by atoms with Crippen molar-refractivity contribution >= 4 is 44.5 Å². The molecule has 1 heterocycles. The Morgan fingerprint density at radius 1 is 1.19 bits per heavy atom. The number of carbonyl (C=O) groups is 2. The van der Waals surface area contributed by atoms with Crippen LogP contribution in [-0.4, -0.2) is 36.3 Å². The zero-order valence-corrected chi connectivity index (χ0v) is 17.7. The Kier molecular flexibility index (Phi) is 5.60. The molecular formula is C22H22N4O4S. The predicted molar refractivity (Wildman–Crippen MR) is 119 cm³/mol. The number of fused-ring (bicyclic) bond motifs is 1. The Bertz CT molecular complexity index is 1290. The number of rotatable bonds is 7. The van der Waals surface area contributed by atoms with Crippen molar-refractivity contribution in [3.8, 4) is 0 Å². The number of para-hydroxylation sites is 1. The highest BCUT2D eigenvalue weighted by Crippen LogP contribution is 2.31. The first-order chi connectivity index (χ1) is 14.8. The van der Waals surface area contributed by atoms with E-state index in [0.29, 0.717) is 0 Å². The third-order valence-electron chi connectivity index (χ3n) is 4.93. The van der Waals surface area contributed by atoms with E-state index >= 15 is 0 Å². The summed E-state index contributed by atoms with van der Waals surface area (Å²) in [4.78, 5) is 24.5. The molecule has 0 unspecified atom stereocenters. The summed E-state index contributed by atoms with van der Waals surface area (Å²) in [5.74, 6) is -0.520. The van der Waals surface area contributed by atoms with Gasteiger partial charge in [-0.15, -0.1) is 0 Å². The van der Waals surface area contributed by atoms with E-state index in [9.17, 15) is 18.0 Å². The summed E-state index contributed by atoms with van der Waals surface area (Å²) in [6.07, 6.45) is 8.27. The fraction of sp³-hybridized carbons (Fsp3) is 0.227. The smallest absolute Gasteiger partial charge is 0.266 e. The molecule has 0 aliphatic heterocycles. The van der Waals surface area contributed by atoms with Crippen molar-refractivity contribution in [1.29, 1.82) is 0 Å². The van der Waals surface area contributed by atoms with Gasteiger partial charge < -0.3 is 5.32 Å². The minimum absolute atomic E-state index is 0.0548. The number of hydrogen-bond donors (Lipinski definition) is 2. The van der Waals surface area contributed by atoms with Crippen molar-refractivity contribution in [3.05, 3.63) is 65.9 Å². The van der Waals surface area contributed by atoms with E-state index in [4.69, 9.17) is 0 Å². The highest BCUT2D eigenvalue weighted by molar-refractivity contribution is 7.89. The fourth-order valence-electron chi connectivity index (χ4n) is 3.26. The molecule has 2 N–H and O–H groups in total. The van der Waals surface area contributed by atoms with E-state index in [1.807, 2.05) is 33.8 Å². The van der Waals surface area contributed by atoms with E-state index in [0.717, 1.165) is 35.2 Å². The lowest BCUT2D eigenvalue weighted by Crippen LogP contribution is -2.30. The second-order valence-electron chi connectivity index (χ2n) is 7.66. The van der Waals surface area contributed by atoms with Gasteiger partial charge in [0.1, 0.15) is 0 Å². The maximum Gasteiger partial charge on any atom is 0.266 e. The molecule has 0 bridgehead atoms. The summed E-state index contributed by atoms with van der Waals surface area (Å²) in [6, 6.07) is 12.1. The summed E-state index contributed by atoms with van der Waals surface area (Å²) in [7, 11) is -3.72.